The van der Waals surface area contributed by atoms with Crippen molar-refractivity contribution in [2.24, 2.45) is 0 Å². The molecule has 0 aliphatic carbocycles. The number of rotatable bonds is 4. The van der Waals surface area contributed by atoms with E-state index in [9.17, 15) is 0 Å². The Balaban J connectivity index is 2.11. The lowest BCUT2D eigenvalue weighted by molar-refractivity contribution is 0.289. The molecule has 2 rings (SSSR count). The highest BCUT2D eigenvalue weighted by atomic mass is 79.9. The van der Waals surface area contributed by atoms with Gasteiger partial charge in [-0.05, 0) is 44.0 Å². The number of imidazole rings is 1. The van der Waals surface area contributed by atoms with Crippen LogP contribution in [0.3, 0.4) is 0 Å². The molecule has 0 spiro atoms. The SMILES string of the molecule is CCn1ccnc1COc1cc(C)c(Br)c(C)c1. The number of aryl methyl sites for hydroxylation is 3. The number of halogens is 1. The minimum absolute atomic E-state index is 0.501. The van der Waals surface area contributed by atoms with Crippen LogP contribution < -0.4 is 4.74 Å². The molecule has 18 heavy (non-hydrogen) atoms. The Bertz CT molecular complexity index is 525. The molecule has 2 aromatic rings. The maximum absolute atomic E-state index is 5.81. The quantitative estimate of drug-likeness (QED) is 0.857. The van der Waals surface area contributed by atoms with Gasteiger partial charge in [0.1, 0.15) is 18.2 Å². The molecule has 0 saturated carbocycles. The first kappa shape index (κ1) is 13.1. The van der Waals surface area contributed by atoms with Crippen molar-refractivity contribution in [3.8, 4) is 5.75 Å². The van der Waals surface area contributed by atoms with Crippen LogP contribution in [-0.4, -0.2) is 9.55 Å². The minimum Gasteiger partial charge on any atom is -0.486 e. The van der Waals surface area contributed by atoms with E-state index in [4.69, 9.17) is 4.74 Å². The molecule has 1 aromatic heterocycles. The molecule has 0 aliphatic rings. The van der Waals surface area contributed by atoms with Crippen molar-refractivity contribution >= 4 is 15.9 Å². The summed E-state index contributed by atoms with van der Waals surface area (Å²) in [6.07, 6.45) is 3.77. The molecule has 0 unspecified atom stereocenters. The van der Waals surface area contributed by atoms with Crippen LogP contribution in [0, 0.1) is 13.8 Å². The van der Waals surface area contributed by atoms with Crippen LogP contribution in [0.15, 0.2) is 29.0 Å². The highest BCUT2D eigenvalue weighted by Crippen LogP contribution is 2.26. The fourth-order valence-corrected chi connectivity index (χ4v) is 2.13. The third kappa shape index (κ3) is 2.75. The van der Waals surface area contributed by atoms with Crippen molar-refractivity contribution in [3.05, 3.63) is 46.0 Å². The topological polar surface area (TPSA) is 27.1 Å². The monoisotopic (exact) mass is 308 g/mol. The van der Waals surface area contributed by atoms with Gasteiger partial charge in [-0.25, -0.2) is 4.98 Å². The van der Waals surface area contributed by atoms with Crippen molar-refractivity contribution in [3.63, 3.8) is 0 Å². The number of benzene rings is 1. The lowest BCUT2D eigenvalue weighted by Crippen LogP contribution is -2.05. The summed E-state index contributed by atoms with van der Waals surface area (Å²) in [5.41, 5.74) is 2.37. The van der Waals surface area contributed by atoms with Gasteiger partial charge in [-0.3, -0.25) is 0 Å². The molecule has 0 aliphatic heterocycles. The molecular weight excluding hydrogens is 292 g/mol. The van der Waals surface area contributed by atoms with E-state index in [1.165, 1.54) is 11.1 Å². The third-order valence-electron chi connectivity index (χ3n) is 2.92. The zero-order chi connectivity index (χ0) is 13.1. The van der Waals surface area contributed by atoms with Crippen LogP contribution in [0.4, 0.5) is 0 Å². The first-order chi connectivity index (χ1) is 8.61. The van der Waals surface area contributed by atoms with Crippen LogP contribution in [-0.2, 0) is 13.2 Å². The summed E-state index contributed by atoms with van der Waals surface area (Å²) in [5.74, 6) is 1.84. The summed E-state index contributed by atoms with van der Waals surface area (Å²) in [6.45, 7) is 7.64. The Morgan fingerprint density at radius 1 is 1.28 bits per heavy atom. The maximum Gasteiger partial charge on any atom is 0.146 e. The summed E-state index contributed by atoms with van der Waals surface area (Å²) in [5, 5.41) is 0. The molecule has 1 heterocycles. The van der Waals surface area contributed by atoms with Gasteiger partial charge in [0.05, 0.1) is 0 Å². The molecule has 0 bridgehead atoms. The van der Waals surface area contributed by atoms with E-state index in [1.807, 2.05) is 18.3 Å². The van der Waals surface area contributed by atoms with Gasteiger partial charge in [0.25, 0.3) is 0 Å². The predicted molar refractivity (Wildman–Crippen MR) is 75.8 cm³/mol. The van der Waals surface area contributed by atoms with Gasteiger partial charge < -0.3 is 9.30 Å². The molecule has 0 N–H and O–H groups in total. The largest absolute Gasteiger partial charge is 0.486 e. The molecule has 0 fully saturated rings. The number of hydrogen-bond acceptors (Lipinski definition) is 2. The van der Waals surface area contributed by atoms with Crippen LogP contribution in [0.1, 0.15) is 23.9 Å². The van der Waals surface area contributed by atoms with Crippen LogP contribution >= 0.6 is 15.9 Å². The second-order valence-corrected chi connectivity index (χ2v) is 5.08. The highest BCUT2D eigenvalue weighted by molar-refractivity contribution is 9.10. The Hall–Kier alpha value is -1.29. The predicted octanol–water partition coefficient (Wildman–Crippen LogP) is 3.86. The lowest BCUT2D eigenvalue weighted by Gasteiger charge is -2.10. The molecule has 0 saturated heterocycles. The van der Waals surface area contributed by atoms with Crippen molar-refractivity contribution in [2.75, 3.05) is 0 Å². The summed E-state index contributed by atoms with van der Waals surface area (Å²) in [6, 6.07) is 4.08. The summed E-state index contributed by atoms with van der Waals surface area (Å²) in [7, 11) is 0. The first-order valence-corrected chi connectivity index (χ1v) is 6.80. The summed E-state index contributed by atoms with van der Waals surface area (Å²) in [4.78, 5) is 4.29. The van der Waals surface area contributed by atoms with Crippen LogP contribution in [0.5, 0.6) is 5.75 Å². The standard InChI is InChI=1S/C14H17BrN2O/c1-4-17-6-5-16-13(17)9-18-12-7-10(2)14(15)11(3)8-12/h5-8H,4,9H2,1-3H3. The van der Waals surface area contributed by atoms with E-state index in [2.05, 4.69) is 46.3 Å². The van der Waals surface area contributed by atoms with Gasteiger partial charge in [0.15, 0.2) is 0 Å². The van der Waals surface area contributed by atoms with E-state index in [0.29, 0.717) is 6.61 Å². The molecule has 0 atom stereocenters. The van der Waals surface area contributed by atoms with E-state index in [1.54, 1.807) is 6.20 Å². The Labute approximate surface area is 116 Å². The zero-order valence-corrected chi connectivity index (χ0v) is 12.5. The minimum atomic E-state index is 0.501. The Morgan fingerprint density at radius 2 is 1.94 bits per heavy atom. The highest BCUT2D eigenvalue weighted by Gasteiger charge is 2.05. The molecule has 96 valence electrons. The van der Waals surface area contributed by atoms with Crippen molar-refractivity contribution < 1.29 is 4.74 Å². The Morgan fingerprint density at radius 3 is 2.56 bits per heavy atom. The third-order valence-corrected chi connectivity index (χ3v) is 4.17. The molecular formula is C14H17BrN2O. The van der Waals surface area contributed by atoms with Crippen molar-refractivity contribution in [1.29, 1.82) is 0 Å². The number of nitrogens with zero attached hydrogens (tertiary/aromatic N) is 2. The Kier molecular flexibility index (Phi) is 4.07. The van der Waals surface area contributed by atoms with Gasteiger partial charge in [-0.15, -0.1) is 0 Å². The molecule has 0 radical (unpaired) electrons. The average molecular weight is 309 g/mol. The maximum atomic E-state index is 5.81. The smallest absolute Gasteiger partial charge is 0.146 e. The first-order valence-electron chi connectivity index (χ1n) is 6.01. The molecule has 4 heteroatoms. The van der Waals surface area contributed by atoms with Crippen LogP contribution in [0.2, 0.25) is 0 Å². The average Bonchev–Trinajstić information content (AvgIpc) is 2.80. The lowest BCUT2D eigenvalue weighted by atomic mass is 10.1. The van der Waals surface area contributed by atoms with Crippen molar-refractivity contribution in [1.82, 2.24) is 9.55 Å². The fourth-order valence-electron chi connectivity index (χ4n) is 1.91. The van der Waals surface area contributed by atoms with Crippen LogP contribution in [0.25, 0.3) is 0 Å². The van der Waals surface area contributed by atoms with Gasteiger partial charge in [-0.1, -0.05) is 15.9 Å². The molecule has 1 aromatic carbocycles. The van der Waals surface area contributed by atoms with E-state index < -0.39 is 0 Å². The number of ether oxygens (including phenoxy) is 1. The van der Waals surface area contributed by atoms with Gasteiger partial charge >= 0.3 is 0 Å². The van der Waals surface area contributed by atoms with Gasteiger partial charge in [0, 0.05) is 23.4 Å². The van der Waals surface area contributed by atoms with Crippen molar-refractivity contribution in [2.45, 2.75) is 33.9 Å². The summed E-state index contributed by atoms with van der Waals surface area (Å²) >= 11 is 3.55. The second-order valence-electron chi connectivity index (χ2n) is 4.29. The normalized spacial score (nSPS) is 10.7. The molecule has 3 nitrogen and oxygen atoms in total. The zero-order valence-electron chi connectivity index (χ0n) is 10.9. The summed E-state index contributed by atoms with van der Waals surface area (Å²) < 4.78 is 9.03. The fraction of sp³-hybridized carbons (Fsp3) is 0.357. The second kappa shape index (κ2) is 5.57. The van der Waals surface area contributed by atoms with E-state index >= 15 is 0 Å². The van der Waals surface area contributed by atoms with Gasteiger partial charge in [-0.2, -0.15) is 0 Å². The molecule has 0 amide bonds. The van der Waals surface area contributed by atoms with E-state index in [-0.39, 0.29) is 0 Å². The van der Waals surface area contributed by atoms with E-state index in [0.717, 1.165) is 22.6 Å². The number of hydrogen-bond donors (Lipinski definition) is 0. The van der Waals surface area contributed by atoms with Gasteiger partial charge in [0.2, 0.25) is 0 Å². The number of aromatic nitrogens is 2.